The monoisotopic (exact) mass is 208 g/mol. The molecule has 0 saturated heterocycles. The molecule has 1 amide bonds. The van der Waals surface area contributed by atoms with E-state index in [1.54, 1.807) is 19.3 Å². The third kappa shape index (κ3) is 4.56. The third-order valence-electron chi connectivity index (χ3n) is 2.07. The second-order valence-corrected chi connectivity index (χ2v) is 3.51. The maximum Gasteiger partial charge on any atom is 0.220 e. The zero-order valence-electron chi connectivity index (χ0n) is 8.81. The van der Waals surface area contributed by atoms with Gasteiger partial charge in [-0.3, -0.25) is 9.78 Å². The highest BCUT2D eigenvalue weighted by molar-refractivity contribution is 5.76. The predicted octanol–water partition coefficient (Wildman–Crippen LogP) is 0.511. The molecule has 0 bridgehead atoms. The van der Waals surface area contributed by atoms with Crippen LogP contribution in [0.25, 0.3) is 0 Å². The van der Waals surface area contributed by atoms with E-state index in [0.717, 1.165) is 5.56 Å². The number of carbonyl (C=O) groups is 1. The summed E-state index contributed by atoms with van der Waals surface area (Å²) in [5, 5.41) is 11.4. The van der Waals surface area contributed by atoms with Crippen molar-refractivity contribution in [1.29, 1.82) is 0 Å². The number of aromatic nitrogens is 1. The van der Waals surface area contributed by atoms with E-state index in [1.165, 1.54) is 0 Å². The van der Waals surface area contributed by atoms with Crippen LogP contribution in [0.5, 0.6) is 0 Å². The second kappa shape index (κ2) is 6.14. The number of pyridine rings is 1. The fraction of sp³-hybridized carbons (Fsp3) is 0.455. The average molecular weight is 208 g/mol. The summed E-state index contributed by atoms with van der Waals surface area (Å²) in [6, 6.07) is 3.61. The number of rotatable bonds is 5. The number of hydrogen-bond donors (Lipinski definition) is 2. The van der Waals surface area contributed by atoms with E-state index in [1.807, 2.05) is 12.1 Å². The Labute approximate surface area is 89.3 Å². The van der Waals surface area contributed by atoms with E-state index in [4.69, 9.17) is 5.11 Å². The van der Waals surface area contributed by atoms with Gasteiger partial charge >= 0.3 is 0 Å². The zero-order valence-corrected chi connectivity index (χ0v) is 8.81. The largest absolute Gasteiger partial charge is 0.394 e. The molecule has 1 atom stereocenters. The number of hydrogen-bond acceptors (Lipinski definition) is 3. The van der Waals surface area contributed by atoms with Gasteiger partial charge in [-0.2, -0.15) is 0 Å². The fourth-order valence-electron chi connectivity index (χ4n) is 1.20. The summed E-state index contributed by atoms with van der Waals surface area (Å²) in [5.74, 6) is -0.0339. The van der Waals surface area contributed by atoms with Gasteiger partial charge in [0.05, 0.1) is 6.61 Å². The molecule has 0 aliphatic heterocycles. The van der Waals surface area contributed by atoms with Crippen LogP contribution in [0, 0.1) is 0 Å². The smallest absolute Gasteiger partial charge is 0.220 e. The van der Waals surface area contributed by atoms with Crippen molar-refractivity contribution in [2.24, 2.45) is 0 Å². The Bertz CT molecular complexity index is 301. The van der Waals surface area contributed by atoms with Crippen LogP contribution in [0.2, 0.25) is 0 Å². The molecule has 1 heterocycles. The summed E-state index contributed by atoms with van der Waals surface area (Å²) < 4.78 is 0. The highest BCUT2D eigenvalue weighted by Gasteiger charge is 2.05. The molecule has 15 heavy (non-hydrogen) atoms. The van der Waals surface area contributed by atoms with Crippen molar-refractivity contribution in [3.8, 4) is 0 Å². The normalized spacial score (nSPS) is 12.1. The Morgan fingerprint density at radius 2 is 2.20 bits per heavy atom. The molecule has 0 fully saturated rings. The van der Waals surface area contributed by atoms with E-state index in [0.29, 0.717) is 12.8 Å². The minimum absolute atomic E-state index is 0.0268. The number of carbonyl (C=O) groups excluding carboxylic acids is 1. The predicted molar refractivity (Wildman–Crippen MR) is 57.2 cm³/mol. The Kier molecular flexibility index (Phi) is 4.77. The van der Waals surface area contributed by atoms with Crippen molar-refractivity contribution < 1.29 is 9.90 Å². The Morgan fingerprint density at radius 3 is 2.80 bits per heavy atom. The first-order valence-corrected chi connectivity index (χ1v) is 5.01. The summed E-state index contributed by atoms with van der Waals surface area (Å²) in [5.41, 5.74) is 1.09. The highest BCUT2D eigenvalue weighted by Crippen LogP contribution is 2.00. The highest BCUT2D eigenvalue weighted by atomic mass is 16.3. The number of aliphatic hydroxyl groups excluding tert-OH is 1. The molecule has 0 radical (unpaired) electrons. The molecule has 1 aromatic rings. The zero-order chi connectivity index (χ0) is 11.1. The average Bonchev–Trinajstić information content (AvgIpc) is 2.27. The molecule has 0 aliphatic carbocycles. The molecule has 0 saturated carbocycles. The SMILES string of the molecule is CC(CO)NC(=O)CCc1ccncc1. The van der Waals surface area contributed by atoms with Gasteiger partial charge in [-0.25, -0.2) is 0 Å². The first-order chi connectivity index (χ1) is 7.22. The van der Waals surface area contributed by atoms with E-state index in [9.17, 15) is 4.79 Å². The van der Waals surface area contributed by atoms with E-state index in [-0.39, 0.29) is 18.6 Å². The van der Waals surface area contributed by atoms with Gasteiger partial charge in [-0.1, -0.05) is 0 Å². The van der Waals surface area contributed by atoms with Crippen LogP contribution in [-0.4, -0.2) is 28.6 Å². The fourth-order valence-corrected chi connectivity index (χ4v) is 1.20. The van der Waals surface area contributed by atoms with Gasteiger partial charge in [-0.05, 0) is 31.0 Å². The lowest BCUT2D eigenvalue weighted by molar-refractivity contribution is -0.121. The minimum atomic E-state index is -0.171. The van der Waals surface area contributed by atoms with Crippen molar-refractivity contribution in [2.45, 2.75) is 25.8 Å². The van der Waals surface area contributed by atoms with Crippen LogP contribution < -0.4 is 5.32 Å². The van der Waals surface area contributed by atoms with Gasteiger partial charge in [0.25, 0.3) is 0 Å². The topological polar surface area (TPSA) is 62.2 Å². The molecule has 1 aromatic heterocycles. The van der Waals surface area contributed by atoms with Crippen LogP contribution in [0.4, 0.5) is 0 Å². The van der Waals surface area contributed by atoms with Crippen LogP contribution >= 0.6 is 0 Å². The molecular formula is C11H16N2O2. The van der Waals surface area contributed by atoms with Gasteiger partial charge in [0.15, 0.2) is 0 Å². The Morgan fingerprint density at radius 1 is 1.53 bits per heavy atom. The van der Waals surface area contributed by atoms with Crippen molar-refractivity contribution >= 4 is 5.91 Å². The van der Waals surface area contributed by atoms with E-state index >= 15 is 0 Å². The number of amides is 1. The maximum atomic E-state index is 11.3. The lowest BCUT2D eigenvalue weighted by atomic mass is 10.1. The quantitative estimate of drug-likeness (QED) is 0.741. The molecule has 0 aliphatic rings. The number of aryl methyl sites for hydroxylation is 1. The Balaban J connectivity index is 2.29. The lowest BCUT2D eigenvalue weighted by Crippen LogP contribution is -2.35. The van der Waals surface area contributed by atoms with Crippen LogP contribution in [0.15, 0.2) is 24.5 Å². The van der Waals surface area contributed by atoms with Crippen LogP contribution in [0.3, 0.4) is 0 Å². The minimum Gasteiger partial charge on any atom is -0.394 e. The molecule has 4 nitrogen and oxygen atoms in total. The summed E-state index contributed by atoms with van der Waals surface area (Å²) in [4.78, 5) is 15.2. The van der Waals surface area contributed by atoms with Crippen molar-refractivity contribution in [2.75, 3.05) is 6.61 Å². The summed E-state index contributed by atoms with van der Waals surface area (Å²) in [6.45, 7) is 1.74. The third-order valence-corrected chi connectivity index (χ3v) is 2.07. The molecule has 1 unspecified atom stereocenters. The van der Waals surface area contributed by atoms with Crippen molar-refractivity contribution in [3.63, 3.8) is 0 Å². The Hall–Kier alpha value is -1.42. The first kappa shape index (κ1) is 11.7. The summed E-state index contributed by atoms with van der Waals surface area (Å²) in [6.07, 6.45) is 4.56. The molecule has 4 heteroatoms. The number of aliphatic hydroxyl groups is 1. The second-order valence-electron chi connectivity index (χ2n) is 3.51. The standard InChI is InChI=1S/C11H16N2O2/c1-9(8-14)13-11(15)3-2-10-4-6-12-7-5-10/h4-7,9,14H,2-3,8H2,1H3,(H,13,15). The lowest BCUT2D eigenvalue weighted by Gasteiger charge is -2.10. The number of nitrogens with one attached hydrogen (secondary N) is 1. The molecular weight excluding hydrogens is 192 g/mol. The summed E-state index contributed by atoms with van der Waals surface area (Å²) in [7, 11) is 0. The molecule has 1 rings (SSSR count). The molecule has 82 valence electrons. The van der Waals surface area contributed by atoms with Crippen LogP contribution in [-0.2, 0) is 11.2 Å². The molecule has 0 spiro atoms. The van der Waals surface area contributed by atoms with E-state index in [2.05, 4.69) is 10.3 Å². The van der Waals surface area contributed by atoms with Gasteiger partial charge in [-0.15, -0.1) is 0 Å². The first-order valence-electron chi connectivity index (χ1n) is 5.01. The van der Waals surface area contributed by atoms with Gasteiger partial charge in [0.2, 0.25) is 5.91 Å². The van der Waals surface area contributed by atoms with Gasteiger partial charge in [0.1, 0.15) is 0 Å². The maximum absolute atomic E-state index is 11.3. The summed E-state index contributed by atoms with van der Waals surface area (Å²) >= 11 is 0. The van der Waals surface area contributed by atoms with Crippen molar-refractivity contribution in [3.05, 3.63) is 30.1 Å². The molecule has 2 N–H and O–H groups in total. The van der Waals surface area contributed by atoms with E-state index < -0.39 is 0 Å². The molecule has 0 aromatic carbocycles. The van der Waals surface area contributed by atoms with Gasteiger partial charge in [0, 0.05) is 24.9 Å². The van der Waals surface area contributed by atoms with Crippen molar-refractivity contribution in [1.82, 2.24) is 10.3 Å². The van der Waals surface area contributed by atoms with Crippen LogP contribution in [0.1, 0.15) is 18.9 Å². The number of nitrogens with zero attached hydrogens (tertiary/aromatic N) is 1. The van der Waals surface area contributed by atoms with Gasteiger partial charge < -0.3 is 10.4 Å².